The Morgan fingerprint density at radius 2 is 1.75 bits per heavy atom. The number of benzene rings is 3. The zero-order valence-corrected chi connectivity index (χ0v) is 16.2. The quantitative estimate of drug-likeness (QED) is 0.669. The highest BCUT2D eigenvalue weighted by Gasteiger charge is 2.36. The van der Waals surface area contributed by atoms with E-state index in [9.17, 15) is 18.3 Å². The van der Waals surface area contributed by atoms with Crippen molar-refractivity contribution in [2.75, 3.05) is 17.4 Å². The zero-order valence-electron chi connectivity index (χ0n) is 14.7. The van der Waals surface area contributed by atoms with Crippen LogP contribution in [0.15, 0.2) is 65.6 Å². The van der Waals surface area contributed by atoms with E-state index >= 15 is 0 Å². The Bertz CT molecular complexity index is 1160. The second kappa shape index (κ2) is 7.09. The van der Waals surface area contributed by atoms with Crippen molar-refractivity contribution in [1.82, 2.24) is 5.32 Å². The van der Waals surface area contributed by atoms with Gasteiger partial charge in [0, 0.05) is 17.0 Å². The van der Waals surface area contributed by atoms with E-state index in [4.69, 9.17) is 11.6 Å². The molecule has 3 aromatic rings. The predicted octanol–water partition coefficient (Wildman–Crippen LogP) is 2.85. The van der Waals surface area contributed by atoms with Crippen LogP contribution in [0.3, 0.4) is 0 Å². The highest BCUT2D eigenvalue weighted by Crippen LogP contribution is 2.41. The second-order valence-corrected chi connectivity index (χ2v) is 8.78. The number of carbonyl (C=O) groups excluding carboxylic acids is 1. The summed E-state index contributed by atoms with van der Waals surface area (Å²) in [6, 6.07) is 17.0. The highest BCUT2D eigenvalue weighted by molar-refractivity contribution is 7.93. The largest absolute Gasteiger partial charge is 0.387 e. The monoisotopic (exact) mass is 416 g/mol. The molecular formula is C20H17ClN2O4S. The van der Waals surface area contributed by atoms with E-state index in [1.807, 2.05) is 12.1 Å². The molecule has 0 aliphatic carbocycles. The molecule has 0 radical (unpaired) electrons. The van der Waals surface area contributed by atoms with Gasteiger partial charge in [0.05, 0.1) is 16.7 Å². The third-order valence-corrected chi connectivity index (χ3v) is 6.77. The smallest absolute Gasteiger partial charge is 0.265 e. The van der Waals surface area contributed by atoms with Crippen molar-refractivity contribution in [1.29, 1.82) is 0 Å². The van der Waals surface area contributed by atoms with Gasteiger partial charge in [-0.25, -0.2) is 8.42 Å². The zero-order chi connectivity index (χ0) is 19.9. The highest BCUT2D eigenvalue weighted by atomic mass is 35.5. The van der Waals surface area contributed by atoms with E-state index in [-0.39, 0.29) is 18.0 Å². The number of hydrogen-bond donors (Lipinski definition) is 2. The van der Waals surface area contributed by atoms with Crippen molar-refractivity contribution in [3.63, 3.8) is 0 Å². The lowest BCUT2D eigenvalue weighted by molar-refractivity contribution is -0.120. The summed E-state index contributed by atoms with van der Waals surface area (Å²) >= 11 is 5.82. The molecule has 0 spiro atoms. The normalized spacial score (nSPS) is 15.6. The second-order valence-electron chi connectivity index (χ2n) is 6.51. The molecule has 8 heteroatoms. The van der Waals surface area contributed by atoms with Crippen LogP contribution in [0.25, 0.3) is 10.8 Å². The summed E-state index contributed by atoms with van der Waals surface area (Å²) in [6.07, 6.45) is -0.919. The molecule has 0 fully saturated rings. The standard InChI is InChI=1S/C20H17ClN2O4S/c21-15-9-7-13(8-10-15)17(24)11-22-19(25)12-23-16-5-1-3-14-4-2-6-18(20(14)16)28(23,26)27/h1-10,17,24H,11-12H2,(H,22,25). The van der Waals surface area contributed by atoms with Crippen molar-refractivity contribution in [3.8, 4) is 0 Å². The first-order valence-electron chi connectivity index (χ1n) is 8.62. The maximum atomic E-state index is 12.9. The molecular weight excluding hydrogens is 400 g/mol. The molecule has 4 rings (SSSR count). The first-order valence-corrected chi connectivity index (χ1v) is 10.4. The van der Waals surface area contributed by atoms with Gasteiger partial charge in [0.25, 0.3) is 10.0 Å². The fourth-order valence-corrected chi connectivity index (χ4v) is 5.12. The Hall–Kier alpha value is -2.61. The average molecular weight is 417 g/mol. The molecule has 1 unspecified atom stereocenters. The molecule has 3 aromatic carbocycles. The minimum absolute atomic E-state index is 0.0362. The summed E-state index contributed by atoms with van der Waals surface area (Å²) in [4.78, 5) is 12.6. The molecule has 28 heavy (non-hydrogen) atoms. The number of nitrogens with zero attached hydrogens (tertiary/aromatic N) is 1. The number of sulfonamides is 1. The van der Waals surface area contributed by atoms with Crippen molar-refractivity contribution < 1.29 is 18.3 Å². The summed E-state index contributed by atoms with van der Waals surface area (Å²) in [5.74, 6) is -0.499. The number of amides is 1. The van der Waals surface area contributed by atoms with Crippen LogP contribution in [0.5, 0.6) is 0 Å². The lowest BCUT2D eigenvalue weighted by Crippen LogP contribution is -2.40. The minimum Gasteiger partial charge on any atom is -0.387 e. The Morgan fingerprint density at radius 3 is 2.46 bits per heavy atom. The lowest BCUT2D eigenvalue weighted by Gasteiger charge is -2.19. The van der Waals surface area contributed by atoms with Crippen molar-refractivity contribution in [3.05, 3.63) is 71.2 Å². The number of nitrogens with one attached hydrogen (secondary N) is 1. The van der Waals surface area contributed by atoms with E-state index in [0.29, 0.717) is 21.7 Å². The van der Waals surface area contributed by atoms with Gasteiger partial charge in [0.2, 0.25) is 5.91 Å². The van der Waals surface area contributed by atoms with Crippen LogP contribution in [0, 0.1) is 0 Å². The van der Waals surface area contributed by atoms with Gasteiger partial charge in [-0.3, -0.25) is 9.10 Å². The molecule has 1 aliphatic rings. The van der Waals surface area contributed by atoms with Crippen LogP contribution in [-0.2, 0) is 14.8 Å². The first-order chi connectivity index (χ1) is 13.4. The maximum Gasteiger partial charge on any atom is 0.265 e. The fourth-order valence-electron chi connectivity index (χ4n) is 3.33. The topological polar surface area (TPSA) is 86.7 Å². The molecule has 0 bridgehead atoms. The molecule has 1 amide bonds. The van der Waals surface area contributed by atoms with Crippen LogP contribution in [0.4, 0.5) is 5.69 Å². The molecule has 2 N–H and O–H groups in total. The fraction of sp³-hybridized carbons (Fsp3) is 0.150. The Kier molecular flexibility index (Phi) is 4.74. The maximum absolute atomic E-state index is 12.9. The number of anilines is 1. The van der Waals surface area contributed by atoms with E-state index in [1.165, 1.54) is 0 Å². The summed E-state index contributed by atoms with van der Waals surface area (Å²) in [5, 5.41) is 14.8. The molecule has 144 valence electrons. The van der Waals surface area contributed by atoms with Crippen LogP contribution < -0.4 is 9.62 Å². The van der Waals surface area contributed by atoms with Crippen molar-refractivity contribution in [2.45, 2.75) is 11.0 Å². The van der Waals surface area contributed by atoms with Gasteiger partial charge in [0.1, 0.15) is 6.54 Å². The van der Waals surface area contributed by atoms with Crippen molar-refractivity contribution in [2.24, 2.45) is 0 Å². The molecule has 1 atom stereocenters. The third kappa shape index (κ3) is 3.22. The Morgan fingerprint density at radius 1 is 1.07 bits per heavy atom. The van der Waals surface area contributed by atoms with Gasteiger partial charge >= 0.3 is 0 Å². The number of hydrogen-bond acceptors (Lipinski definition) is 4. The Labute approximate surface area is 167 Å². The van der Waals surface area contributed by atoms with Gasteiger partial charge < -0.3 is 10.4 Å². The van der Waals surface area contributed by atoms with Crippen LogP contribution >= 0.6 is 11.6 Å². The number of halogens is 1. The molecule has 1 heterocycles. The predicted molar refractivity (Wildman–Crippen MR) is 108 cm³/mol. The lowest BCUT2D eigenvalue weighted by atomic mass is 10.1. The van der Waals surface area contributed by atoms with Crippen LogP contribution in [-0.4, -0.2) is 32.5 Å². The summed E-state index contributed by atoms with van der Waals surface area (Å²) in [6.45, 7) is -0.394. The van der Waals surface area contributed by atoms with Gasteiger partial charge in [-0.1, -0.05) is 48.0 Å². The number of aliphatic hydroxyl groups excluding tert-OH is 1. The Balaban J connectivity index is 1.49. The first kappa shape index (κ1) is 18.7. The van der Waals surface area contributed by atoms with E-state index in [1.54, 1.807) is 48.5 Å². The SMILES string of the molecule is O=C(CN1c2cccc3cccc(c23)S1(=O)=O)NCC(O)c1ccc(Cl)cc1. The van der Waals surface area contributed by atoms with E-state index in [0.717, 1.165) is 9.69 Å². The summed E-state index contributed by atoms with van der Waals surface area (Å²) in [5.41, 5.74) is 1.09. The van der Waals surface area contributed by atoms with Gasteiger partial charge in [0.15, 0.2) is 0 Å². The van der Waals surface area contributed by atoms with E-state index < -0.39 is 22.0 Å². The average Bonchev–Trinajstić information content (AvgIpc) is 2.90. The molecule has 0 saturated heterocycles. The molecule has 1 aliphatic heterocycles. The van der Waals surface area contributed by atoms with E-state index in [2.05, 4.69) is 5.32 Å². The summed E-state index contributed by atoms with van der Waals surface area (Å²) < 4.78 is 26.9. The summed E-state index contributed by atoms with van der Waals surface area (Å²) in [7, 11) is -3.79. The molecule has 6 nitrogen and oxygen atoms in total. The molecule has 0 saturated carbocycles. The van der Waals surface area contributed by atoms with Crippen LogP contribution in [0.1, 0.15) is 11.7 Å². The number of carbonyl (C=O) groups is 1. The molecule has 0 aromatic heterocycles. The van der Waals surface area contributed by atoms with Crippen LogP contribution in [0.2, 0.25) is 5.02 Å². The van der Waals surface area contributed by atoms with Gasteiger partial charge in [-0.15, -0.1) is 0 Å². The van der Waals surface area contributed by atoms with Gasteiger partial charge in [-0.05, 0) is 35.2 Å². The van der Waals surface area contributed by atoms with Crippen molar-refractivity contribution >= 4 is 44.0 Å². The number of rotatable bonds is 5. The van der Waals surface area contributed by atoms with Gasteiger partial charge in [-0.2, -0.15) is 0 Å². The third-order valence-electron chi connectivity index (χ3n) is 4.72. The minimum atomic E-state index is -3.79. The number of aliphatic hydroxyl groups is 1.